The molecule has 24 heavy (non-hydrogen) atoms. The summed E-state index contributed by atoms with van der Waals surface area (Å²) in [5, 5.41) is 3.24. The number of ether oxygens (including phenoxy) is 1. The molecule has 1 aliphatic heterocycles. The zero-order chi connectivity index (χ0) is 17.2. The molecule has 0 bridgehead atoms. The lowest BCUT2D eigenvalue weighted by atomic mass is 9.80. The summed E-state index contributed by atoms with van der Waals surface area (Å²) in [7, 11) is 0. The Morgan fingerprint density at radius 3 is 2.75 bits per heavy atom. The van der Waals surface area contributed by atoms with E-state index in [0.29, 0.717) is 12.6 Å². The molecule has 1 saturated heterocycles. The predicted octanol–water partition coefficient (Wildman–Crippen LogP) is 3.77. The molecule has 1 atom stereocenters. The first kappa shape index (κ1) is 17.4. The summed E-state index contributed by atoms with van der Waals surface area (Å²) >= 11 is 1.71. The van der Waals surface area contributed by atoms with Gasteiger partial charge >= 0.3 is 0 Å². The Labute approximate surface area is 148 Å². The maximum atomic E-state index is 6.23. The quantitative estimate of drug-likeness (QED) is 0.896. The molecule has 1 aromatic heterocycles. The van der Waals surface area contributed by atoms with Gasteiger partial charge < -0.3 is 10.5 Å². The van der Waals surface area contributed by atoms with Crippen molar-refractivity contribution in [2.75, 3.05) is 19.7 Å². The summed E-state index contributed by atoms with van der Waals surface area (Å²) in [4.78, 5) is 7.29. The zero-order valence-corrected chi connectivity index (χ0v) is 15.6. The van der Waals surface area contributed by atoms with Gasteiger partial charge in [0.25, 0.3) is 0 Å². The van der Waals surface area contributed by atoms with Crippen LogP contribution in [0.5, 0.6) is 5.75 Å². The van der Waals surface area contributed by atoms with E-state index in [4.69, 9.17) is 15.5 Å². The van der Waals surface area contributed by atoms with Gasteiger partial charge in [-0.1, -0.05) is 13.8 Å². The van der Waals surface area contributed by atoms with Gasteiger partial charge in [-0.25, -0.2) is 4.98 Å². The summed E-state index contributed by atoms with van der Waals surface area (Å²) in [6, 6.07) is 8.47. The fourth-order valence-electron chi connectivity index (χ4n) is 3.22. The monoisotopic (exact) mass is 345 g/mol. The molecule has 1 aromatic carbocycles. The molecule has 5 heteroatoms. The molecule has 0 amide bonds. The minimum Gasteiger partial charge on any atom is -0.494 e. The van der Waals surface area contributed by atoms with Crippen LogP contribution in [0.3, 0.4) is 0 Å². The number of hydrogen-bond donors (Lipinski definition) is 1. The fraction of sp³-hybridized carbons (Fsp3) is 0.526. The number of rotatable bonds is 5. The third-order valence-electron chi connectivity index (χ3n) is 4.74. The van der Waals surface area contributed by atoms with Gasteiger partial charge in [-0.15, -0.1) is 11.3 Å². The lowest BCUT2D eigenvalue weighted by Gasteiger charge is -2.42. The normalized spacial score (nSPS) is 20.9. The van der Waals surface area contributed by atoms with Gasteiger partial charge in [-0.3, -0.25) is 4.90 Å². The second-order valence-corrected chi connectivity index (χ2v) is 8.05. The fourth-order valence-corrected chi connectivity index (χ4v) is 4.04. The molecule has 0 radical (unpaired) electrons. The first-order valence-corrected chi connectivity index (χ1v) is 9.51. The van der Waals surface area contributed by atoms with Crippen LogP contribution < -0.4 is 10.5 Å². The van der Waals surface area contributed by atoms with Crippen LogP contribution in [0, 0.1) is 5.41 Å². The van der Waals surface area contributed by atoms with Gasteiger partial charge in [0.1, 0.15) is 10.8 Å². The highest BCUT2D eigenvalue weighted by atomic mass is 32.1. The molecule has 4 nitrogen and oxygen atoms in total. The molecule has 1 fully saturated rings. The largest absolute Gasteiger partial charge is 0.494 e. The number of aromatic nitrogens is 1. The maximum Gasteiger partial charge on any atom is 0.123 e. The molecular formula is C19H27N3OS. The minimum atomic E-state index is 0.173. The Morgan fingerprint density at radius 1 is 1.33 bits per heavy atom. The van der Waals surface area contributed by atoms with E-state index in [0.717, 1.165) is 48.1 Å². The van der Waals surface area contributed by atoms with Crippen LogP contribution in [-0.2, 0) is 6.54 Å². The standard InChI is InChI=1S/C19H27N3OS/c1-4-23-16-7-5-14(6-8-16)18-21-15(12-24-18)11-22-10-9-17(20)19(2,3)13-22/h5-8,12,17H,4,9-11,13,20H2,1-3H3. The van der Waals surface area contributed by atoms with E-state index in [-0.39, 0.29) is 5.41 Å². The Morgan fingerprint density at radius 2 is 2.08 bits per heavy atom. The predicted molar refractivity (Wildman–Crippen MR) is 100 cm³/mol. The highest BCUT2D eigenvalue weighted by Crippen LogP contribution is 2.30. The van der Waals surface area contributed by atoms with Crippen molar-refractivity contribution in [2.45, 2.75) is 39.8 Å². The van der Waals surface area contributed by atoms with E-state index in [1.54, 1.807) is 11.3 Å². The van der Waals surface area contributed by atoms with E-state index < -0.39 is 0 Å². The molecule has 0 aliphatic carbocycles. The lowest BCUT2D eigenvalue weighted by Crippen LogP contribution is -2.52. The highest BCUT2D eigenvalue weighted by Gasteiger charge is 2.33. The molecule has 2 N–H and O–H groups in total. The summed E-state index contributed by atoms with van der Waals surface area (Å²) in [6.07, 6.45) is 1.06. The van der Waals surface area contributed by atoms with E-state index in [2.05, 4.69) is 36.3 Å². The topological polar surface area (TPSA) is 51.4 Å². The second kappa shape index (κ2) is 7.21. The van der Waals surface area contributed by atoms with Crippen LogP contribution in [0.25, 0.3) is 10.6 Å². The molecule has 1 aliphatic rings. The third-order valence-corrected chi connectivity index (χ3v) is 5.68. The molecule has 130 valence electrons. The van der Waals surface area contributed by atoms with Gasteiger partial charge in [-0.2, -0.15) is 0 Å². The Balaban J connectivity index is 1.65. The number of likely N-dealkylation sites (tertiary alicyclic amines) is 1. The van der Waals surface area contributed by atoms with Gasteiger partial charge in [-0.05, 0) is 43.0 Å². The van der Waals surface area contributed by atoms with Crippen molar-refractivity contribution < 1.29 is 4.74 Å². The molecule has 2 aromatic rings. The van der Waals surface area contributed by atoms with Crippen molar-refractivity contribution in [3.05, 3.63) is 35.3 Å². The molecule has 2 heterocycles. The zero-order valence-electron chi connectivity index (χ0n) is 14.8. The molecule has 1 unspecified atom stereocenters. The summed E-state index contributed by atoms with van der Waals surface area (Å²) in [5.41, 5.74) is 8.70. The smallest absolute Gasteiger partial charge is 0.123 e. The third kappa shape index (κ3) is 3.97. The highest BCUT2D eigenvalue weighted by molar-refractivity contribution is 7.13. The first-order chi connectivity index (χ1) is 11.5. The number of nitrogens with zero attached hydrogens (tertiary/aromatic N) is 2. The number of thiazole rings is 1. The van der Waals surface area contributed by atoms with Gasteiger partial charge in [0, 0.05) is 36.6 Å². The molecule has 0 spiro atoms. The molecular weight excluding hydrogens is 318 g/mol. The maximum absolute atomic E-state index is 6.23. The summed E-state index contributed by atoms with van der Waals surface area (Å²) in [5.74, 6) is 0.907. The number of nitrogens with two attached hydrogens (primary N) is 1. The van der Waals surface area contributed by atoms with Crippen molar-refractivity contribution >= 4 is 11.3 Å². The minimum absolute atomic E-state index is 0.173. The number of hydrogen-bond acceptors (Lipinski definition) is 5. The van der Waals surface area contributed by atoms with Crippen molar-refractivity contribution in [3.63, 3.8) is 0 Å². The van der Waals surface area contributed by atoms with E-state index in [1.807, 2.05) is 19.1 Å². The number of benzene rings is 1. The van der Waals surface area contributed by atoms with Crippen molar-refractivity contribution in [1.29, 1.82) is 0 Å². The van der Waals surface area contributed by atoms with Crippen LogP contribution in [0.4, 0.5) is 0 Å². The van der Waals surface area contributed by atoms with Crippen LogP contribution >= 0.6 is 11.3 Å². The van der Waals surface area contributed by atoms with Crippen LogP contribution in [0.15, 0.2) is 29.6 Å². The van der Waals surface area contributed by atoms with E-state index in [9.17, 15) is 0 Å². The summed E-state index contributed by atoms with van der Waals surface area (Å²) < 4.78 is 5.50. The second-order valence-electron chi connectivity index (χ2n) is 7.20. The van der Waals surface area contributed by atoms with Gasteiger partial charge in [0.05, 0.1) is 12.3 Å². The van der Waals surface area contributed by atoms with Gasteiger partial charge in [0.15, 0.2) is 0 Å². The Kier molecular flexibility index (Phi) is 5.23. The van der Waals surface area contributed by atoms with Crippen molar-refractivity contribution in [3.8, 4) is 16.3 Å². The van der Waals surface area contributed by atoms with Gasteiger partial charge in [0.2, 0.25) is 0 Å². The Hall–Kier alpha value is -1.43. The lowest BCUT2D eigenvalue weighted by molar-refractivity contribution is 0.0891. The molecule has 3 rings (SSSR count). The summed E-state index contributed by atoms with van der Waals surface area (Å²) in [6.45, 7) is 10.2. The SMILES string of the molecule is CCOc1ccc(-c2nc(CN3CCC(N)C(C)(C)C3)cs2)cc1. The van der Waals surface area contributed by atoms with E-state index >= 15 is 0 Å². The average Bonchev–Trinajstić information content (AvgIpc) is 3.00. The van der Waals surface area contributed by atoms with E-state index in [1.165, 1.54) is 0 Å². The van der Waals surface area contributed by atoms with Crippen LogP contribution in [0.1, 0.15) is 32.9 Å². The number of piperidine rings is 1. The molecule has 0 saturated carbocycles. The Bertz CT molecular complexity index is 666. The van der Waals surface area contributed by atoms with Crippen LogP contribution in [-0.4, -0.2) is 35.6 Å². The first-order valence-electron chi connectivity index (χ1n) is 8.63. The van der Waals surface area contributed by atoms with Crippen molar-refractivity contribution in [1.82, 2.24) is 9.88 Å². The average molecular weight is 346 g/mol. The van der Waals surface area contributed by atoms with Crippen LogP contribution in [0.2, 0.25) is 0 Å². The van der Waals surface area contributed by atoms with Crippen molar-refractivity contribution in [2.24, 2.45) is 11.1 Å².